The average Bonchev–Trinajstić information content (AvgIpc) is 3.38. The van der Waals surface area contributed by atoms with Crippen LogP contribution >= 0.6 is 0 Å². The van der Waals surface area contributed by atoms with Gasteiger partial charge in [0.2, 0.25) is 0 Å². The summed E-state index contributed by atoms with van der Waals surface area (Å²) in [6, 6.07) is 67.3. The maximum absolute atomic E-state index is 2.45. The van der Waals surface area contributed by atoms with Gasteiger partial charge in [-0.25, -0.2) is 0 Å². The zero-order valence-electron chi connectivity index (χ0n) is 40.6. The predicted octanol–water partition coefficient (Wildman–Crippen LogP) is 19.8. The first kappa shape index (κ1) is 46.0. The molecule has 0 aliphatic heterocycles. The Morgan fingerprint density at radius 3 is 1.34 bits per heavy atom. The molecular formula is C66H66N2. The van der Waals surface area contributed by atoms with E-state index in [-0.39, 0.29) is 0 Å². The fourth-order valence-electron chi connectivity index (χ4n) is 10.2. The van der Waals surface area contributed by atoms with E-state index in [1.165, 1.54) is 106 Å². The zero-order chi connectivity index (χ0) is 46.7. The first-order chi connectivity index (χ1) is 33.5. The van der Waals surface area contributed by atoms with Gasteiger partial charge in [0.05, 0.1) is 11.4 Å². The van der Waals surface area contributed by atoms with Crippen LogP contribution in [0.2, 0.25) is 0 Å². The number of nitrogens with zero attached hydrogens (tertiary/aromatic N) is 2. The zero-order valence-corrected chi connectivity index (χ0v) is 40.6. The molecule has 0 heterocycles. The molecule has 340 valence electrons. The summed E-state index contributed by atoms with van der Waals surface area (Å²) in [6.07, 6.45) is 21.5. The summed E-state index contributed by atoms with van der Waals surface area (Å²) < 4.78 is 0. The molecule has 68 heavy (non-hydrogen) atoms. The molecule has 0 N–H and O–H groups in total. The summed E-state index contributed by atoms with van der Waals surface area (Å²) in [6.45, 7) is 9.05. The number of benzene rings is 9. The van der Waals surface area contributed by atoms with E-state index in [1.807, 2.05) is 0 Å². The maximum Gasteiger partial charge on any atom is 0.0541 e. The molecule has 0 spiro atoms. The van der Waals surface area contributed by atoms with Gasteiger partial charge in [-0.05, 0) is 155 Å². The number of hydrogen-bond acceptors (Lipinski definition) is 2. The Bertz CT molecular complexity index is 3180. The predicted molar refractivity (Wildman–Crippen MR) is 299 cm³/mol. The summed E-state index contributed by atoms with van der Waals surface area (Å²) in [4.78, 5) is 4.89. The highest BCUT2D eigenvalue weighted by molar-refractivity contribution is 6.01. The van der Waals surface area contributed by atoms with Crippen LogP contribution in [-0.2, 0) is 12.8 Å². The molecule has 2 heteroatoms. The minimum Gasteiger partial charge on any atom is -0.310 e. The number of unbranched alkanes of at least 4 members (excludes halogenated alkanes) is 6. The highest BCUT2D eigenvalue weighted by Gasteiger charge is 2.23. The molecule has 0 aromatic heterocycles. The van der Waals surface area contributed by atoms with Gasteiger partial charge in [-0.15, -0.1) is 0 Å². The summed E-state index contributed by atoms with van der Waals surface area (Å²) in [5.74, 6) is 0. The Kier molecular flexibility index (Phi) is 14.9. The lowest BCUT2D eigenvalue weighted by Crippen LogP contribution is -2.15. The van der Waals surface area contributed by atoms with E-state index in [9.17, 15) is 0 Å². The number of para-hydroxylation sites is 2. The number of allylic oxidation sites excluding steroid dienone is 1. The van der Waals surface area contributed by atoms with Crippen LogP contribution in [0, 0.1) is 6.92 Å². The molecule has 0 amide bonds. The van der Waals surface area contributed by atoms with E-state index >= 15 is 0 Å². The van der Waals surface area contributed by atoms with Crippen molar-refractivity contribution < 1.29 is 0 Å². The lowest BCUT2D eigenvalue weighted by atomic mass is 9.88. The Morgan fingerprint density at radius 1 is 0.368 bits per heavy atom. The molecule has 0 saturated heterocycles. The summed E-state index contributed by atoms with van der Waals surface area (Å²) in [7, 11) is 0. The van der Waals surface area contributed by atoms with Crippen molar-refractivity contribution in [3.05, 3.63) is 221 Å². The molecule has 9 aromatic rings. The van der Waals surface area contributed by atoms with E-state index in [2.05, 4.69) is 244 Å². The number of anilines is 6. The first-order valence-electron chi connectivity index (χ1n) is 25.3. The van der Waals surface area contributed by atoms with Gasteiger partial charge in [0.25, 0.3) is 0 Å². The summed E-state index contributed by atoms with van der Waals surface area (Å²) >= 11 is 0. The van der Waals surface area contributed by atoms with Crippen molar-refractivity contribution in [2.45, 2.75) is 91.9 Å². The number of rotatable bonds is 19. The van der Waals surface area contributed by atoms with Crippen molar-refractivity contribution in [1.82, 2.24) is 0 Å². The Labute approximate surface area is 405 Å². The standard InChI is InChI=1S/C66H66N2/c1-5-8-10-14-27-52-37-38-54(66-53(28-15-11-9-6-2)36-35-49(4)65(52)66)39-40-58-48-63(67(59-31-16-12-17-32-59)61-43-41-50-25-20-22-29-55(50)45-61)57(24-7-3)47-64(58)68(60-33-18-13-19-34-60)62-44-42-51-26-21-23-30-56(51)46-62/h7,12-13,16-26,29-48H,5-6,8-11,14-15,27-28H2,1-4H3/b24-7+,40-39+. The van der Waals surface area contributed by atoms with Crippen LogP contribution in [0.25, 0.3) is 50.5 Å². The molecule has 0 saturated carbocycles. The highest BCUT2D eigenvalue weighted by Crippen LogP contribution is 2.46. The minimum atomic E-state index is 1.09. The third kappa shape index (κ3) is 10.2. The van der Waals surface area contributed by atoms with Crippen molar-refractivity contribution in [3.63, 3.8) is 0 Å². The second kappa shape index (κ2) is 22.1. The third-order valence-corrected chi connectivity index (χ3v) is 13.6. The summed E-state index contributed by atoms with van der Waals surface area (Å²) in [5, 5.41) is 7.75. The SMILES string of the molecule is C/C=C/c1cc(N(c2ccccc2)c2ccc3ccccc3c2)c(/C=C/c2ccc(CCCCCC)c3c(C)ccc(CCCCCC)c23)cc1N(c1ccccc1)c1ccc2ccccc2c1. The normalized spacial score (nSPS) is 11.7. The molecule has 2 nitrogen and oxygen atoms in total. The average molecular weight is 887 g/mol. The van der Waals surface area contributed by atoms with E-state index in [1.54, 1.807) is 0 Å². The minimum absolute atomic E-state index is 1.09. The van der Waals surface area contributed by atoms with E-state index in [0.717, 1.165) is 58.1 Å². The van der Waals surface area contributed by atoms with Crippen molar-refractivity contribution >= 4 is 84.7 Å². The highest BCUT2D eigenvalue weighted by atomic mass is 15.2. The van der Waals surface area contributed by atoms with Crippen molar-refractivity contribution in [3.8, 4) is 0 Å². The van der Waals surface area contributed by atoms with Crippen LogP contribution in [-0.4, -0.2) is 0 Å². The monoisotopic (exact) mass is 887 g/mol. The van der Waals surface area contributed by atoms with Gasteiger partial charge in [-0.3, -0.25) is 0 Å². The smallest absolute Gasteiger partial charge is 0.0541 e. The van der Waals surface area contributed by atoms with Crippen LogP contribution in [0.3, 0.4) is 0 Å². The second-order valence-electron chi connectivity index (χ2n) is 18.4. The fraction of sp³-hybridized carbons (Fsp3) is 0.212. The Balaban J connectivity index is 1.30. The number of hydrogen-bond donors (Lipinski definition) is 0. The van der Waals surface area contributed by atoms with Crippen LogP contribution in [0.1, 0.15) is 106 Å². The lowest BCUT2D eigenvalue weighted by Gasteiger charge is -2.32. The molecule has 0 bridgehead atoms. The Hall–Kier alpha value is -7.16. The summed E-state index contributed by atoms with van der Waals surface area (Å²) in [5.41, 5.74) is 14.5. The van der Waals surface area contributed by atoms with Crippen LogP contribution in [0.15, 0.2) is 188 Å². The number of fused-ring (bicyclic) bond motifs is 3. The van der Waals surface area contributed by atoms with Gasteiger partial charge in [-0.2, -0.15) is 0 Å². The fourth-order valence-corrected chi connectivity index (χ4v) is 10.2. The van der Waals surface area contributed by atoms with Gasteiger partial charge in [0, 0.05) is 33.9 Å². The van der Waals surface area contributed by atoms with Crippen LogP contribution in [0.4, 0.5) is 34.1 Å². The van der Waals surface area contributed by atoms with Crippen molar-refractivity contribution in [1.29, 1.82) is 0 Å². The topological polar surface area (TPSA) is 6.48 Å². The molecule has 0 unspecified atom stereocenters. The van der Waals surface area contributed by atoms with Gasteiger partial charge in [0.1, 0.15) is 0 Å². The molecule has 9 aromatic carbocycles. The molecule has 0 radical (unpaired) electrons. The van der Waals surface area contributed by atoms with Gasteiger partial charge in [-0.1, -0.05) is 198 Å². The molecule has 0 atom stereocenters. The second-order valence-corrected chi connectivity index (χ2v) is 18.4. The number of aryl methyl sites for hydroxylation is 3. The molecule has 0 aliphatic carbocycles. The molecule has 0 aliphatic rings. The van der Waals surface area contributed by atoms with Crippen LogP contribution < -0.4 is 9.80 Å². The van der Waals surface area contributed by atoms with Crippen molar-refractivity contribution in [2.75, 3.05) is 9.80 Å². The van der Waals surface area contributed by atoms with Crippen molar-refractivity contribution in [2.24, 2.45) is 0 Å². The lowest BCUT2D eigenvalue weighted by molar-refractivity contribution is 0.667. The first-order valence-corrected chi connectivity index (χ1v) is 25.3. The largest absolute Gasteiger partial charge is 0.310 e. The van der Waals surface area contributed by atoms with E-state index in [0.29, 0.717) is 0 Å². The van der Waals surface area contributed by atoms with Gasteiger partial charge >= 0.3 is 0 Å². The van der Waals surface area contributed by atoms with E-state index in [4.69, 9.17) is 0 Å². The van der Waals surface area contributed by atoms with Gasteiger partial charge in [0.15, 0.2) is 0 Å². The third-order valence-electron chi connectivity index (χ3n) is 13.6. The molecule has 9 rings (SSSR count). The maximum atomic E-state index is 2.45. The Morgan fingerprint density at radius 2 is 0.824 bits per heavy atom. The molecule has 0 fully saturated rings. The van der Waals surface area contributed by atoms with E-state index < -0.39 is 0 Å². The molecular weight excluding hydrogens is 821 g/mol. The van der Waals surface area contributed by atoms with Crippen LogP contribution in [0.5, 0.6) is 0 Å². The van der Waals surface area contributed by atoms with Gasteiger partial charge < -0.3 is 9.80 Å². The quantitative estimate of drug-likeness (QED) is 0.0590.